The van der Waals surface area contributed by atoms with Crippen molar-refractivity contribution in [1.82, 2.24) is 0 Å². The number of amides is 1. The van der Waals surface area contributed by atoms with Gasteiger partial charge in [-0.25, -0.2) is 8.42 Å². The molecule has 0 spiro atoms. The molecule has 5 nitrogen and oxygen atoms in total. The number of halogens is 1. The molecule has 0 saturated heterocycles. The number of sulfonamides is 1. The topological polar surface area (TPSA) is 66.5 Å². The van der Waals surface area contributed by atoms with Crippen molar-refractivity contribution in [3.8, 4) is 0 Å². The Bertz CT molecular complexity index is 1000. The molecule has 0 unspecified atom stereocenters. The van der Waals surface area contributed by atoms with Gasteiger partial charge < -0.3 is 4.90 Å². The van der Waals surface area contributed by atoms with Gasteiger partial charge in [-0.15, -0.1) is 0 Å². The first-order chi connectivity index (χ1) is 12.3. The number of anilines is 2. The molecule has 136 valence electrons. The van der Waals surface area contributed by atoms with Gasteiger partial charge in [0, 0.05) is 18.2 Å². The molecular formula is C19H19ClN2O3S. The number of carbonyl (C=O) groups is 1. The third kappa shape index (κ3) is 3.19. The molecule has 0 atom stereocenters. The van der Waals surface area contributed by atoms with Crippen LogP contribution in [0.3, 0.4) is 0 Å². The number of benzene rings is 2. The molecule has 1 aliphatic carbocycles. The summed E-state index contributed by atoms with van der Waals surface area (Å²) in [7, 11) is -3.75. The van der Waals surface area contributed by atoms with E-state index < -0.39 is 10.0 Å². The molecule has 1 amide bonds. The Morgan fingerprint density at radius 1 is 1.19 bits per heavy atom. The van der Waals surface area contributed by atoms with E-state index in [4.69, 9.17) is 11.6 Å². The molecule has 2 aromatic rings. The van der Waals surface area contributed by atoms with E-state index in [-0.39, 0.29) is 16.7 Å². The molecular weight excluding hydrogens is 372 g/mol. The first-order valence-corrected chi connectivity index (χ1v) is 10.4. The predicted molar refractivity (Wildman–Crippen MR) is 102 cm³/mol. The van der Waals surface area contributed by atoms with E-state index >= 15 is 0 Å². The van der Waals surface area contributed by atoms with Crippen molar-refractivity contribution in [3.05, 3.63) is 52.5 Å². The number of nitrogens with one attached hydrogen (secondary N) is 1. The molecule has 1 heterocycles. The number of nitrogens with zero attached hydrogens (tertiary/aromatic N) is 1. The van der Waals surface area contributed by atoms with E-state index in [2.05, 4.69) is 4.72 Å². The zero-order valence-corrected chi connectivity index (χ0v) is 15.9. The highest BCUT2D eigenvalue weighted by Crippen LogP contribution is 2.37. The van der Waals surface area contributed by atoms with E-state index in [1.807, 2.05) is 6.92 Å². The summed E-state index contributed by atoms with van der Waals surface area (Å²) in [5, 5.41) is 0.357. The van der Waals surface area contributed by atoms with Crippen LogP contribution in [0.15, 0.2) is 41.3 Å². The van der Waals surface area contributed by atoms with Gasteiger partial charge in [-0.05, 0) is 67.6 Å². The molecule has 2 aromatic carbocycles. The fraction of sp³-hybridized carbons (Fsp3) is 0.316. The van der Waals surface area contributed by atoms with Gasteiger partial charge in [-0.1, -0.05) is 17.7 Å². The summed E-state index contributed by atoms with van der Waals surface area (Å²) in [5.74, 6) is 0.304. The number of fused-ring (bicyclic) bond motifs is 1. The minimum atomic E-state index is -3.75. The quantitative estimate of drug-likeness (QED) is 0.864. The molecule has 2 aliphatic rings. The van der Waals surface area contributed by atoms with Gasteiger partial charge in [0.2, 0.25) is 5.91 Å². The first-order valence-electron chi connectivity index (χ1n) is 8.58. The van der Waals surface area contributed by atoms with Gasteiger partial charge in [-0.3, -0.25) is 9.52 Å². The van der Waals surface area contributed by atoms with Gasteiger partial charge in [0.25, 0.3) is 10.0 Å². The fourth-order valence-corrected chi connectivity index (χ4v) is 4.70. The van der Waals surface area contributed by atoms with E-state index in [0.29, 0.717) is 23.7 Å². The monoisotopic (exact) mass is 390 g/mol. The lowest BCUT2D eigenvalue weighted by Gasteiger charge is -2.17. The third-order valence-electron chi connectivity index (χ3n) is 4.82. The Morgan fingerprint density at radius 3 is 2.65 bits per heavy atom. The number of carbonyl (C=O) groups excluding carboxylic acids is 1. The van der Waals surface area contributed by atoms with Crippen LogP contribution in [0, 0.1) is 12.8 Å². The maximum atomic E-state index is 12.7. The molecule has 0 aromatic heterocycles. The average molecular weight is 391 g/mol. The summed E-state index contributed by atoms with van der Waals surface area (Å²) in [6.07, 6.45) is 2.58. The first kappa shape index (κ1) is 17.4. The lowest BCUT2D eigenvalue weighted by molar-refractivity contribution is -0.119. The highest BCUT2D eigenvalue weighted by atomic mass is 35.5. The van der Waals surface area contributed by atoms with E-state index in [0.717, 1.165) is 29.7 Å². The average Bonchev–Trinajstić information content (AvgIpc) is 3.36. The smallest absolute Gasteiger partial charge is 0.261 e. The fourth-order valence-electron chi connectivity index (χ4n) is 3.23. The maximum absolute atomic E-state index is 12.7. The second-order valence-electron chi connectivity index (χ2n) is 6.89. The van der Waals surface area contributed by atoms with Crippen molar-refractivity contribution in [2.45, 2.75) is 31.1 Å². The van der Waals surface area contributed by atoms with Crippen molar-refractivity contribution in [2.75, 3.05) is 16.2 Å². The van der Waals surface area contributed by atoms with E-state index in [9.17, 15) is 13.2 Å². The third-order valence-corrected chi connectivity index (χ3v) is 6.49. The van der Waals surface area contributed by atoms with Crippen molar-refractivity contribution < 1.29 is 13.2 Å². The molecule has 0 radical (unpaired) electrons. The maximum Gasteiger partial charge on any atom is 0.261 e. The molecule has 1 aliphatic heterocycles. The van der Waals surface area contributed by atoms with E-state index in [1.165, 1.54) is 0 Å². The minimum absolute atomic E-state index is 0.148. The second-order valence-corrected chi connectivity index (χ2v) is 8.98. The Balaban J connectivity index is 1.61. The Morgan fingerprint density at radius 2 is 1.96 bits per heavy atom. The van der Waals surface area contributed by atoms with Gasteiger partial charge >= 0.3 is 0 Å². The summed E-state index contributed by atoms with van der Waals surface area (Å²) in [5.41, 5.74) is 3.02. The zero-order valence-electron chi connectivity index (χ0n) is 14.3. The largest absolute Gasteiger partial charge is 0.312 e. The van der Waals surface area contributed by atoms with Crippen molar-refractivity contribution in [1.29, 1.82) is 0 Å². The van der Waals surface area contributed by atoms with Crippen molar-refractivity contribution in [2.24, 2.45) is 5.92 Å². The molecule has 26 heavy (non-hydrogen) atoms. The van der Waals surface area contributed by atoms with Crippen LogP contribution in [0.2, 0.25) is 5.02 Å². The molecule has 0 bridgehead atoms. The zero-order chi connectivity index (χ0) is 18.5. The summed E-state index contributed by atoms with van der Waals surface area (Å²) >= 11 is 6.14. The molecule has 4 rings (SSSR count). The number of hydrogen-bond acceptors (Lipinski definition) is 3. The minimum Gasteiger partial charge on any atom is -0.312 e. The standard InChI is InChI=1S/C19H19ClN2O3S/c1-12-2-6-17(16(20)10-12)21-26(24,25)15-5-7-18-14(11-15)8-9-22(18)19(23)13-3-4-13/h2,5-7,10-11,13,21H,3-4,8-9H2,1H3. The molecule has 1 N–H and O–H groups in total. The van der Waals surface area contributed by atoms with Crippen LogP contribution >= 0.6 is 11.6 Å². The highest BCUT2D eigenvalue weighted by Gasteiger charge is 2.36. The van der Waals surface area contributed by atoms with Crippen LogP contribution in [0.1, 0.15) is 24.0 Å². The van der Waals surface area contributed by atoms with Gasteiger partial charge in [0.1, 0.15) is 0 Å². The van der Waals surface area contributed by atoms with Crippen LogP contribution in [-0.2, 0) is 21.2 Å². The summed E-state index contributed by atoms with van der Waals surface area (Å²) in [6, 6.07) is 10.1. The van der Waals surface area contributed by atoms with Crippen molar-refractivity contribution in [3.63, 3.8) is 0 Å². The summed E-state index contributed by atoms with van der Waals surface area (Å²) < 4.78 is 28.0. The Kier molecular flexibility index (Phi) is 4.20. The van der Waals surface area contributed by atoms with Gasteiger partial charge in [0.15, 0.2) is 0 Å². The van der Waals surface area contributed by atoms with Crippen LogP contribution in [0.25, 0.3) is 0 Å². The second kappa shape index (κ2) is 6.28. The molecule has 1 fully saturated rings. The molecule has 7 heteroatoms. The van der Waals surface area contributed by atoms with Crippen LogP contribution in [0.4, 0.5) is 11.4 Å². The lowest BCUT2D eigenvalue weighted by atomic mass is 10.2. The number of rotatable bonds is 4. The number of aryl methyl sites for hydroxylation is 1. The van der Waals surface area contributed by atoms with Crippen LogP contribution in [-0.4, -0.2) is 20.9 Å². The molecule has 1 saturated carbocycles. The van der Waals surface area contributed by atoms with Crippen LogP contribution < -0.4 is 9.62 Å². The summed E-state index contributed by atoms with van der Waals surface area (Å²) in [4.78, 5) is 14.3. The van der Waals surface area contributed by atoms with Gasteiger partial charge in [-0.2, -0.15) is 0 Å². The normalized spacial score (nSPS) is 16.5. The Labute approximate surface area is 158 Å². The highest BCUT2D eigenvalue weighted by molar-refractivity contribution is 7.92. The van der Waals surface area contributed by atoms with E-state index in [1.54, 1.807) is 41.3 Å². The van der Waals surface area contributed by atoms with Gasteiger partial charge in [0.05, 0.1) is 15.6 Å². The van der Waals surface area contributed by atoms with Crippen LogP contribution in [0.5, 0.6) is 0 Å². The number of hydrogen-bond donors (Lipinski definition) is 1. The van der Waals surface area contributed by atoms with Crippen molar-refractivity contribution >= 4 is 38.9 Å². The predicted octanol–water partition coefficient (Wildman–Crippen LogP) is 3.75. The Hall–Kier alpha value is -2.05. The SMILES string of the molecule is Cc1ccc(NS(=O)(=O)c2ccc3c(c2)CCN3C(=O)C2CC2)c(Cl)c1. The lowest BCUT2D eigenvalue weighted by Crippen LogP contribution is -2.30. The summed E-state index contributed by atoms with van der Waals surface area (Å²) in [6.45, 7) is 2.50.